The van der Waals surface area contributed by atoms with E-state index in [9.17, 15) is 10.1 Å². The van der Waals surface area contributed by atoms with Gasteiger partial charge in [0.1, 0.15) is 0 Å². The average Bonchev–Trinajstić information content (AvgIpc) is 2.03. The molecule has 0 saturated carbocycles. The number of nitro benzene ring substituents is 1. The van der Waals surface area contributed by atoms with Gasteiger partial charge in [-0.05, 0) is 19.1 Å². The van der Waals surface area contributed by atoms with Gasteiger partial charge in [0.2, 0.25) is 0 Å². The van der Waals surface area contributed by atoms with Gasteiger partial charge in [0, 0.05) is 5.56 Å². The molecule has 0 unspecified atom stereocenters. The Morgan fingerprint density at radius 2 is 2.25 bits per heavy atom. The van der Waals surface area contributed by atoms with Gasteiger partial charge in [-0.2, -0.15) is 0 Å². The number of para-hydroxylation sites is 1. The number of hydrogen-bond donors (Lipinski definition) is 0. The van der Waals surface area contributed by atoms with Crippen molar-refractivity contribution in [2.75, 3.05) is 0 Å². The highest BCUT2D eigenvalue weighted by molar-refractivity contribution is 5.49. The van der Waals surface area contributed by atoms with Gasteiger partial charge < -0.3 is 0 Å². The lowest BCUT2D eigenvalue weighted by Crippen LogP contribution is -1.94. The Kier molecular flexibility index (Phi) is 2.24. The highest BCUT2D eigenvalue weighted by Crippen LogP contribution is 2.22. The molecule has 0 aromatic heterocycles. The van der Waals surface area contributed by atoms with Crippen LogP contribution in [0, 0.1) is 23.1 Å². The molecule has 0 spiro atoms. The summed E-state index contributed by atoms with van der Waals surface area (Å²) in [5.41, 5.74) is 1.17. The molecule has 0 aliphatic rings. The van der Waals surface area contributed by atoms with E-state index in [4.69, 9.17) is 0 Å². The summed E-state index contributed by atoms with van der Waals surface area (Å²) in [6.45, 7) is 5.08. The number of benzene rings is 1. The topological polar surface area (TPSA) is 43.1 Å². The van der Waals surface area contributed by atoms with E-state index in [0.29, 0.717) is 11.1 Å². The summed E-state index contributed by atoms with van der Waals surface area (Å²) < 4.78 is 0. The minimum absolute atomic E-state index is 0.0903. The number of hydrogen-bond acceptors (Lipinski definition) is 2. The van der Waals surface area contributed by atoms with Crippen molar-refractivity contribution in [1.29, 1.82) is 0 Å². The molecule has 61 valence electrons. The largest absolute Gasteiger partial charge is 0.280 e. The fourth-order valence-electron chi connectivity index (χ4n) is 1.04. The fraction of sp³-hybridized carbons (Fsp3) is 0.111. The van der Waals surface area contributed by atoms with Crippen LogP contribution < -0.4 is 0 Å². The van der Waals surface area contributed by atoms with Crippen LogP contribution in [0.4, 0.5) is 5.69 Å². The molecule has 1 rings (SSSR count). The minimum Gasteiger partial charge on any atom is -0.258 e. The molecule has 0 fully saturated rings. The van der Waals surface area contributed by atoms with Crippen LogP contribution in [0.25, 0.3) is 0 Å². The van der Waals surface area contributed by atoms with Crippen molar-refractivity contribution in [2.24, 2.45) is 0 Å². The summed E-state index contributed by atoms with van der Waals surface area (Å²) in [7, 11) is 0. The van der Waals surface area contributed by atoms with Crippen LogP contribution in [0.1, 0.15) is 11.1 Å². The average molecular weight is 162 g/mol. The smallest absolute Gasteiger partial charge is 0.258 e. The van der Waals surface area contributed by atoms with Gasteiger partial charge in [0.05, 0.1) is 10.5 Å². The van der Waals surface area contributed by atoms with E-state index >= 15 is 0 Å². The molecule has 0 atom stereocenters. The van der Waals surface area contributed by atoms with E-state index in [-0.39, 0.29) is 5.69 Å². The van der Waals surface area contributed by atoms with E-state index in [0.717, 1.165) is 0 Å². The summed E-state index contributed by atoms with van der Waals surface area (Å²) in [5, 5.41) is 10.5. The van der Waals surface area contributed by atoms with Crippen molar-refractivity contribution in [3.05, 3.63) is 52.1 Å². The normalized spacial score (nSPS) is 9.42. The monoisotopic (exact) mass is 162 g/mol. The summed E-state index contributed by atoms with van der Waals surface area (Å²) in [6.07, 6.45) is 2.53. The summed E-state index contributed by atoms with van der Waals surface area (Å²) in [5.74, 6) is 0. The SMILES string of the molecule is C=[C]c1cccc(C)c1[N+](=O)[O-]. The summed E-state index contributed by atoms with van der Waals surface area (Å²) in [6, 6.07) is 5.06. The molecule has 3 heteroatoms. The van der Waals surface area contributed by atoms with Crippen LogP contribution >= 0.6 is 0 Å². The van der Waals surface area contributed by atoms with Crippen molar-refractivity contribution >= 4 is 5.69 Å². The Morgan fingerprint density at radius 1 is 1.58 bits per heavy atom. The van der Waals surface area contributed by atoms with Gasteiger partial charge in [-0.15, -0.1) is 0 Å². The van der Waals surface area contributed by atoms with Gasteiger partial charge in [0.25, 0.3) is 5.69 Å². The Bertz CT molecular complexity index is 331. The number of aryl methyl sites for hydroxylation is 1. The van der Waals surface area contributed by atoms with Gasteiger partial charge in [0.15, 0.2) is 0 Å². The minimum atomic E-state index is -0.414. The van der Waals surface area contributed by atoms with Crippen molar-refractivity contribution < 1.29 is 4.92 Å². The first-order valence-electron chi connectivity index (χ1n) is 3.44. The van der Waals surface area contributed by atoms with Gasteiger partial charge >= 0.3 is 0 Å². The predicted octanol–water partition coefficient (Wildman–Crippen LogP) is 2.24. The molecule has 0 bridgehead atoms. The third-order valence-corrected chi connectivity index (χ3v) is 1.61. The van der Waals surface area contributed by atoms with Crippen molar-refractivity contribution in [1.82, 2.24) is 0 Å². The first kappa shape index (κ1) is 8.46. The van der Waals surface area contributed by atoms with E-state index in [1.165, 1.54) is 0 Å². The highest BCUT2D eigenvalue weighted by Gasteiger charge is 2.13. The van der Waals surface area contributed by atoms with Gasteiger partial charge in [-0.25, -0.2) is 0 Å². The maximum atomic E-state index is 10.5. The first-order chi connectivity index (χ1) is 5.66. The second-order valence-electron chi connectivity index (χ2n) is 2.40. The third-order valence-electron chi connectivity index (χ3n) is 1.61. The zero-order valence-electron chi connectivity index (χ0n) is 6.70. The predicted molar refractivity (Wildman–Crippen MR) is 45.8 cm³/mol. The first-order valence-corrected chi connectivity index (χ1v) is 3.44. The van der Waals surface area contributed by atoms with Crippen molar-refractivity contribution in [3.63, 3.8) is 0 Å². The molecule has 1 radical (unpaired) electrons. The van der Waals surface area contributed by atoms with Crippen LogP contribution in [0.5, 0.6) is 0 Å². The maximum Gasteiger partial charge on any atom is 0.280 e. The second-order valence-corrected chi connectivity index (χ2v) is 2.40. The third kappa shape index (κ3) is 1.34. The maximum absolute atomic E-state index is 10.5. The van der Waals surface area contributed by atoms with Crippen molar-refractivity contribution in [2.45, 2.75) is 6.92 Å². The standard InChI is InChI=1S/C9H8NO2/c1-3-8-6-4-5-7(2)9(8)10(11)12/h4-6H,1H2,2H3. The zero-order chi connectivity index (χ0) is 9.14. The number of rotatable bonds is 2. The van der Waals surface area contributed by atoms with Gasteiger partial charge in [-0.3, -0.25) is 10.1 Å². The lowest BCUT2D eigenvalue weighted by atomic mass is 10.1. The number of nitro groups is 1. The molecule has 0 heterocycles. The van der Waals surface area contributed by atoms with E-state index in [1.54, 1.807) is 25.1 Å². The van der Waals surface area contributed by atoms with Crippen LogP contribution in [-0.2, 0) is 0 Å². The van der Waals surface area contributed by atoms with Crippen LogP contribution in [0.15, 0.2) is 24.8 Å². The zero-order valence-corrected chi connectivity index (χ0v) is 6.70. The molecular weight excluding hydrogens is 154 g/mol. The van der Waals surface area contributed by atoms with Crippen LogP contribution in [0.2, 0.25) is 0 Å². The van der Waals surface area contributed by atoms with E-state index < -0.39 is 4.92 Å². The van der Waals surface area contributed by atoms with E-state index in [1.807, 2.05) is 0 Å². The summed E-state index contributed by atoms with van der Waals surface area (Å²) in [4.78, 5) is 10.1. The number of nitrogens with zero attached hydrogens (tertiary/aromatic N) is 1. The molecule has 0 saturated heterocycles. The fourth-order valence-corrected chi connectivity index (χ4v) is 1.04. The summed E-state index contributed by atoms with van der Waals surface area (Å²) >= 11 is 0. The Labute approximate surface area is 70.5 Å². The molecule has 0 aliphatic heterocycles. The Balaban J connectivity index is 3.39. The molecule has 12 heavy (non-hydrogen) atoms. The van der Waals surface area contributed by atoms with Crippen molar-refractivity contribution in [3.8, 4) is 0 Å². The molecule has 0 amide bonds. The molecule has 3 nitrogen and oxygen atoms in total. The van der Waals surface area contributed by atoms with Crippen LogP contribution in [0.3, 0.4) is 0 Å². The quantitative estimate of drug-likeness (QED) is 0.494. The Hall–Kier alpha value is -1.64. The Morgan fingerprint density at radius 3 is 2.67 bits per heavy atom. The molecule has 1 aromatic rings. The highest BCUT2D eigenvalue weighted by atomic mass is 16.6. The molecule has 0 N–H and O–H groups in total. The second kappa shape index (κ2) is 3.17. The molecular formula is C9H8NO2. The van der Waals surface area contributed by atoms with E-state index in [2.05, 4.69) is 12.7 Å². The lowest BCUT2D eigenvalue weighted by molar-refractivity contribution is -0.385. The molecule has 0 aliphatic carbocycles. The van der Waals surface area contributed by atoms with Crippen LogP contribution in [-0.4, -0.2) is 4.92 Å². The molecule has 1 aromatic carbocycles. The lowest BCUT2D eigenvalue weighted by Gasteiger charge is -1.98. The van der Waals surface area contributed by atoms with Gasteiger partial charge in [-0.1, -0.05) is 18.7 Å².